The molecule has 4 heteroatoms. The van der Waals surface area contributed by atoms with Gasteiger partial charge in [-0.05, 0) is 18.4 Å². The second kappa shape index (κ2) is 5.21. The number of hydrogen-bond donors (Lipinski definition) is 1. The van der Waals surface area contributed by atoms with Gasteiger partial charge in [-0.2, -0.15) is 0 Å². The Hall–Kier alpha value is -1.55. The van der Waals surface area contributed by atoms with Crippen LogP contribution in [0.2, 0.25) is 0 Å². The number of fused-ring (bicyclic) bond motifs is 1. The van der Waals surface area contributed by atoms with E-state index in [1.165, 1.54) is 0 Å². The quantitative estimate of drug-likeness (QED) is 0.888. The number of nitrogens with zero attached hydrogens (tertiary/aromatic N) is 1. The molecule has 3 atom stereocenters. The molecule has 3 rings (SSSR count). The van der Waals surface area contributed by atoms with E-state index in [9.17, 15) is 9.90 Å². The van der Waals surface area contributed by atoms with E-state index in [2.05, 4.69) is 0 Å². The molecule has 0 unspecified atom stereocenters. The number of hydrogen-bond acceptors (Lipinski definition) is 3. The van der Waals surface area contributed by atoms with Crippen LogP contribution in [0.15, 0.2) is 30.3 Å². The fourth-order valence-electron chi connectivity index (χ4n) is 3.06. The van der Waals surface area contributed by atoms with Crippen LogP contribution in [0.5, 0.6) is 0 Å². The maximum absolute atomic E-state index is 12.0. The second-order valence-corrected chi connectivity index (χ2v) is 5.38. The minimum atomic E-state index is -0.516. The first kappa shape index (κ1) is 12.5. The monoisotopic (exact) mass is 261 g/mol. The first-order chi connectivity index (χ1) is 9.25. The minimum Gasteiger partial charge on any atom is -0.441 e. The van der Waals surface area contributed by atoms with Crippen LogP contribution in [0.1, 0.15) is 31.2 Å². The van der Waals surface area contributed by atoms with Crippen molar-refractivity contribution in [2.75, 3.05) is 0 Å². The lowest BCUT2D eigenvalue weighted by atomic mass is 10.0. The molecule has 2 fully saturated rings. The van der Waals surface area contributed by atoms with Crippen molar-refractivity contribution in [3.63, 3.8) is 0 Å². The smallest absolute Gasteiger partial charge is 0.410 e. The number of aliphatic hydroxyl groups excluding tert-OH is 1. The number of aliphatic hydroxyl groups is 1. The molecule has 1 aromatic carbocycles. The van der Waals surface area contributed by atoms with Crippen molar-refractivity contribution in [3.05, 3.63) is 35.9 Å². The highest BCUT2D eigenvalue weighted by Gasteiger charge is 2.45. The lowest BCUT2D eigenvalue weighted by Crippen LogP contribution is -2.40. The summed E-state index contributed by atoms with van der Waals surface area (Å²) in [7, 11) is 0. The average molecular weight is 261 g/mol. The largest absolute Gasteiger partial charge is 0.441 e. The summed E-state index contributed by atoms with van der Waals surface area (Å²) in [5.74, 6) is 0. The lowest BCUT2D eigenvalue weighted by molar-refractivity contribution is 0.0181. The van der Waals surface area contributed by atoms with E-state index >= 15 is 0 Å². The van der Waals surface area contributed by atoms with Crippen LogP contribution in [0, 0.1) is 0 Å². The highest BCUT2D eigenvalue weighted by molar-refractivity contribution is 5.71. The summed E-state index contributed by atoms with van der Waals surface area (Å²) in [6.45, 7) is 0.563. The third-order valence-corrected chi connectivity index (χ3v) is 4.08. The molecule has 1 aromatic rings. The average Bonchev–Trinajstić information content (AvgIpc) is 2.61. The van der Waals surface area contributed by atoms with Gasteiger partial charge in [-0.1, -0.05) is 43.2 Å². The van der Waals surface area contributed by atoms with Gasteiger partial charge >= 0.3 is 6.09 Å². The van der Waals surface area contributed by atoms with Crippen LogP contribution in [0.3, 0.4) is 0 Å². The zero-order valence-corrected chi connectivity index (χ0v) is 10.9. The van der Waals surface area contributed by atoms with Gasteiger partial charge in [0.2, 0.25) is 0 Å². The summed E-state index contributed by atoms with van der Waals surface area (Å²) >= 11 is 0. The van der Waals surface area contributed by atoms with Crippen LogP contribution >= 0.6 is 0 Å². The molecule has 102 valence electrons. The molecular formula is C15H19NO3. The van der Waals surface area contributed by atoms with Crippen LogP contribution in [0.25, 0.3) is 0 Å². The molecule has 0 radical (unpaired) electrons. The molecule has 1 heterocycles. The van der Waals surface area contributed by atoms with E-state index in [0.717, 1.165) is 31.2 Å². The Morgan fingerprint density at radius 2 is 1.95 bits per heavy atom. The molecule has 0 spiro atoms. The molecule has 1 saturated carbocycles. The number of carbonyl (C=O) groups excluding carboxylic acids is 1. The van der Waals surface area contributed by atoms with Crippen molar-refractivity contribution in [3.8, 4) is 0 Å². The Morgan fingerprint density at radius 1 is 1.21 bits per heavy atom. The molecule has 1 N–H and O–H groups in total. The predicted molar refractivity (Wildman–Crippen MR) is 70.5 cm³/mol. The number of ether oxygens (including phenoxy) is 1. The minimum absolute atomic E-state index is 0.0187. The van der Waals surface area contributed by atoms with Gasteiger partial charge in [0.25, 0.3) is 0 Å². The Morgan fingerprint density at radius 3 is 2.74 bits per heavy atom. The summed E-state index contributed by atoms with van der Waals surface area (Å²) in [5.41, 5.74) is 1.10. The molecule has 1 aliphatic heterocycles. The summed E-state index contributed by atoms with van der Waals surface area (Å²) in [6, 6.07) is 9.93. The van der Waals surface area contributed by atoms with Crippen molar-refractivity contribution < 1.29 is 14.6 Å². The van der Waals surface area contributed by atoms with Crippen molar-refractivity contribution in [1.29, 1.82) is 0 Å². The third-order valence-electron chi connectivity index (χ3n) is 4.08. The zero-order chi connectivity index (χ0) is 13.2. The van der Waals surface area contributed by atoms with Gasteiger partial charge in [-0.15, -0.1) is 0 Å². The summed E-state index contributed by atoms with van der Waals surface area (Å²) in [6.07, 6.45) is 2.54. The van der Waals surface area contributed by atoms with Gasteiger partial charge < -0.3 is 9.84 Å². The van der Waals surface area contributed by atoms with E-state index < -0.39 is 6.10 Å². The van der Waals surface area contributed by atoms with Crippen molar-refractivity contribution in [2.45, 2.75) is 50.5 Å². The molecule has 2 aliphatic rings. The summed E-state index contributed by atoms with van der Waals surface area (Å²) in [4.78, 5) is 13.8. The van der Waals surface area contributed by atoms with Crippen LogP contribution in [-0.2, 0) is 11.3 Å². The standard InChI is InChI=1S/C15H19NO3/c17-13-9-5-4-8-12-14(13)19-15(18)16(12)10-11-6-2-1-3-7-11/h1-3,6-7,12-14,17H,4-5,8-10H2/t12-,13-,14-/m1/s1. The number of benzene rings is 1. The normalized spacial score (nSPS) is 30.7. The molecule has 4 nitrogen and oxygen atoms in total. The summed E-state index contributed by atoms with van der Waals surface area (Å²) < 4.78 is 5.38. The van der Waals surface area contributed by atoms with E-state index in [4.69, 9.17) is 4.74 Å². The Bertz CT molecular complexity index is 448. The van der Waals surface area contributed by atoms with Crippen molar-refractivity contribution in [1.82, 2.24) is 4.90 Å². The van der Waals surface area contributed by atoms with E-state index in [1.807, 2.05) is 30.3 Å². The maximum atomic E-state index is 12.0. The highest BCUT2D eigenvalue weighted by atomic mass is 16.6. The zero-order valence-electron chi connectivity index (χ0n) is 10.9. The fraction of sp³-hybridized carbons (Fsp3) is 0.533. The lowest BCUT2D eigenvalue weighted by Gasteiger charge is -2.24. The number of rotatable bonds is 2. The molecule has 1 amide bonds. The fourth-order valence-corrected chi connectivity index (χ4v) is 3.06. The van der Waals surface area contributed by atoms with Gasteiger partial charge in [0, 0.05) is 6.54 Å². The van der Waals surface area contributed by atoms with E-state index in [-0.39, 0.29) is 18.2 Å². The van der Waals surface area contributed by atoms with Gasteiger partial charge in [-0.25, -0.2) is 4.79 Å². The highest BCUT2D eigenvalue weighted by Crippen LogP contribution is 2.32. The van der Waals surface area contributed by atoms with Gasteiger partial charge in [-0.3, -0.25) is 4.90 Å². The van der Waals surface area contributed by atoms with Gasteiger partial charge in [0.15, 0.2) is 0 Å². The van der Waals surface area contributed by atoms with Gasteiger partial charge in [0.1, 0.15) is 6.10 Å². The van der Waals surface area contributed by atoms with Crippen molar-refractivity contribution >= 4 is 6.09 Å². The van der Waals surface area contributed by atoms with Crippen molar-refractivity contribution in [2.24, 2.45) is 0 Å². The second-order valence-electron chi connectivity index (χ2n) is 5.38. The first-order valence-electron chi connectivity index (χ1n) is 6.95. The predicted octanol–water partition coefficient (Wildman–Crippen LogP) is 2.31. The Kier molecular flexibility index (Phi) is 3.42. The number of carbonyl (C=O) groups is 1. The van der Waals surface area contributed by atoms with Gasteiger partial charge in [0.05, 0.1) is 12.1 Å². The topological polar surface area (TPSA) is 49.8 Å². The maximum Gasteiger partial charge on any atom is 0.410 e. The van der Waals surface area contributed by atoms with E-state index in [0.29, 0.717) is 6.54 Å². The molecule has 0 bridgehead atoms. The Balaban J connectivity index is 1.78. The first-order valence-corrected chi connectivity index (χ1v) is 6.95. The molecule has 1 saturated heterocycles. The molecule has 19 heavy (non-hydrogen) atoms. The van der Waals surface area contributed by atoms with Crippen LogP contribution in [-0.4, -0.2) is 34.3 Å². The number of amides is 1. The Labute approximate surface area is 113 Å². The van der Waals surface area contributed by atoms with E-state index in [1.54, 1.807) is 4.90 Å². The third kappa shape index (κ3) is 2.45. The molecule has 1 aliphatic carbocycles. The molecule has 0 aromatic heterocycles. The van der Waals surface area contributed by atoms with Crippen LogP contribution < -0.4 is 0 Å². The van der Waals surface area contributed by atoms with Crippen LogP contribution in [0.4, 0.5) is 4.79 Å². The molecular weight excluding hydrogens is 242 g/mol. The summed E-state index contributed by atoms with van der Waals surface area (Å²) in [5, 5.41) is 10.1. The SMILES string of the molecule is O=C1O[C@H]2[C@H](O)CCCC[C@H]2N1Cc1ccccc1.